The molecule has 2 N–H and O–H groups in total. The third-order valence-corrected chi connectivity index (χ3v) is 4.11. The summed E-state index contributed by atoms with van der Waals surface area (Å²) in [6.45, 7) is 2.18. The summed E-state index contributed by atoms with van der Waals surface area (Å²) in [4.78, 5) is 19.6. The van der Waals surface area contributed by atoms with Crippen molar-refractivity contribution in [2.45, 2.75) is 13.5 Å². The number of aromatic nitrogens is 3. The zero-order chi connectivity index (χ0) is 18.3. The third-order valence-electron chi connectivity index (χ3n) is 4.11. The van der Waals surface area contributed by atoms with Crippen LogP contribution in [0.3, 0.4) is 0 Å². The predicted octanol–water partition coefficient (Wildman–Crippen LogP) is 4.16. The van der Waals surface area contributed by atoms with Gasteiger partial charge in [-0.25, -0.2) is 9.37 Å². The normalized spacial score (nSPS) is 11.8. The van der Waals surface area contributed by atoms with Crippen LogP contribution in [0.5, 0.6) is 5.88 Å². The van der Waals surface area contributed by atoms with Gasteiger partial charge < -0.3 is 10.1 Å². The first-order chi connectivity index (χ1) is 12.6. The summed E-state index contributed by atoms with van der Waals surface area (Å²) in [5, 5.41) is 19.2. The van der Waals surface area contributed by atoms with Gasteiger partial charge in [-0.3, -0.25) is 9.36 Å². The maximum atomic E-state index is 13.3. The van der Waals surface area contributed by atoms with Crippen LogP contribution in [0.25, 0.3) is 21.8 Å². The number of halogens is 1. The minimum absolute atomic E-state index is 0.132. The molecule has 130 valence electrons. The van der Waals surface area contributed by atoms with Crippen molar-refractivity contribution < 1.29 is 9.50 Å². The Labute approximate surface area is 146 Å². The van der Waals surface area contributed by atoms with Gasteiger partial charge >= 0.3 is 0 Å². The van der Waals surface area contributed by atoms with E-state index in [9.17, 15) is 14.3 Å². The van der Waals surface area contributed by atoms with E-state index in [4.69, 9.17) is 0 Å². The van der Waals surface area contributed by atoms with Crippen molar-refractivity contribution in [2.75, 3.05) is 0 Å². The average Bonchev–Trinajstić information content (AvgIpc) is 2.94. The molecule has 8 heteroatoms. The van der Waals surface area contributed by atoms with Gasteiger partial charge in [-0.1, -0.05) is 12.1 Å². The van der Waals surface area contributed by atoms with Crippen LogP contribution in [0.15, 0.2) is 57.5 Å². The average molecular weight is 351 g/mol. The minimum Gasteiger partial charge on any atom is -0.493 e. The smallest absolute Gasteiger partial charge is 0.262 e. The highest BCUT2D eigenvalue weighted by Crippen LogP contribution is 2.36. The van der Waals surface area contributed by atoms with E-state index in [-0.39, 0.29) is 23.1 Å². The fourth-order valence-corrected chi connectivity index (χ4v) is 2.85. The summed E-state index contributed by atoms with van der Waals surface area (Å²) in [6.07, 6.45) is 0. The number of benzene rings is 2. The Morgan fingerprint density at radius 2 is 2.00 bits per heavy atom. The van der Waals surface area contributed by atoms with E-state index in [1.807, 2.05) is 6.92 Å². The SMILES string of the molecule is CCn1c(N=Nc2c(O)[nH]c3cc(F)ccc23)nc2ccccc2c1=O. The van der Waals surface area contributed by atoms with E-state index in [2.05, 4.69) is 20.2 Å². The highest BCUT2D eigenvalue weighted by atomic mass is 19.1. The number of aromatic amines is 1. The van der Waals surface area contributed by atoms with Crippen LogP contribution in [-0.4, -0.2) is 19.6 Å². The van der Waals surface area contributed by atoms with E-state index >= 15 is 0 Å². The molecule has 26 heavy (non-hydrogen) atoms. The molecule has 7 nitrogen and oxygen atoms in total. The molecule has 0 aliphatic rings. The van der Waals surface area contributed by atoms with Crippen LogP contribution in [0.4, 0.5) is 16.0 Å². The molecule has 0 saturated heterocycles. The Hall–Kier alpha value is -3.55. The van der Waals surface area contributed by atoms with E-state index in [0.29, 0.717) is 28.4 Å². The summed E-state index contributed by atoms with van der Waals surface area (Å²) in [7, 11) is 0. The molecule has 4 aromatic rings. The number of hydrogen-bond donors (Lipinski definition) is 2. The molecule has 2 aromatic heterocycles. The van der Waals surface area contributed by atoms with Crippen LogP contribution >= 0.6 is 0 Å². The summed E-state index contributed by atoms with van der Waals surface area (Å²) in [5.74, 6) is -0.536. The number of nitrogens with zero attached hydrogens (tertiary/aromatic N) is 4. The zero-order valence-electron chi connectivity index (χ0n) is 13.8. The highest BCUT2D eigenvalue weighted by Gasteiger charge is 2.13. The number of fused-ring (bicyclic) bond motifs is 2. The van der Waals surface area contributed by atoms with Gasteiger partial charge in [-0.15, -0.1) is 10.2 Å². The molecule has 0 spiro atoms. The van der Waals surface area contributed by atoms with Gasteiger partial charge in [0.1, 0.15) is 5.82 Å². The zero-order valence-corrected chi connectivity index (χ0v) is 13.8. The van der Waals surface area contributed by atoms with Gasteiger partial charge in [0.05, 0.1) is 16.4 Å². The molecule has 0 aliphatic carbocycles. The molecule has 0 atom stereocenters. The van der Waals surface area contributed by atoms with Crippen molar-refractivity contribution in [2.24, 2.45) is 10.2 Å². The molecule has 2 aromatic carbocycles. The Kier molecular flexibility index (Phi) is 3.72. The number of hydrogen-bond acceptors (Lipinski definition) is 5. The van der Waals surface area contributed by atoms with Crippen LogP contribution in [0, 0.1) is 5.82 Å². The quantitative estimate of drug-likeness (QED) is 0.543. The maximum Gasteiger partial charge on any atom is 0.262 e. The lowest BCUT2D eigenvalue weighted by Crippen LogP contribution is -2.20. The number of nitrogens with one attached hydrogen (secondary N) is 1. The van der Waals surface area contributed by atoms with Crippen molar-refractivity contribution in [3.05, 3.63) is 58.6 Å². The lowest BCUT2D eigenvalue weighted by Gasteiger charge is -2.06. The van der Waals surface area contributed by atoms with E-state index in [1.165, 1.54) is 22.8 Å². The maximum absolute atomic E-state index is 13.3. The number of rotatable bonds is 3. The van der Waals surface area contributed by atoms with Gasteiger partial charge in [-0.2, -0.15) is 0 Å². The molecule has 0 bridgehead atoms. The van der Waals surface area contributed by atoms with Gasteiger partial charge in [0.15, 0.2) is 5.69 Å². The number of H-pyrrole nitrogens is 1. The number of azo groups is 1. The van der Waals surface area contributed by atoms with Crippen LogP contribution in [0.2, 0.25) is 0 Å². The van der Waals surface area contributed by atoms with Crippen molar-refractivity contribution in [3.8, 4) is 5.88 Å². The third kappa shape index (κ3) is 2.52. The molecule has 4 rings (SSSR count). The first-order valence-electron chi connectivity index (χ1n) is 8.00. The van der Waals surface area contributed by atoms with Crippen molar-refractivity contribution >= 4 is 33.4 Å². The molecular formula is C18H14FN5O2. The summed E-state index contributed by atoms with van der Waals surface area (Å²) in [6, 6.07) is 11.0. The molecule has 0 fully saturated rings. The van der Waals surface area contributed by atoms with Gasteiger partial charge in [0.2, 0.25) is 5.88 Å². The minimum atomic E-state index is -0.432. The standard InChI is InChI=1S/C18H14FN5O2/c1-2-24-17(26)12-5-3-4-6-13(12)21-18(24)23-22-15-11-8-7-10(19)9-14(11)20-16(15)25/h3-9,20,25H,2H2,1H3. The molecule has 0 aliphatic heterocycles. The topological polar surface area (TPSA) is 95.6 Å². The van der Waals surface area contributed by atoms with Crippen molar-refractivity contribution in [3.63, 3.8) is 0 Å². The molecule has 0 radical (unpaired) electrons. The molecule has 2 heterocycles. The summed E-state index contributed by atoms with van der Waals surface area (Å²) in [5.41, 5.74) is 0.861. The van der Waals surface area contributed by atoms with Gasteiger partial charge in [0.25, 0.3) is 11.5 Å². The second-order valence-electron chi connectivity index (χ2n) is 5.69. The lowest BCUT2D eigenvalue weighted by atomic mass is 10.2. The van der Waals surface area contributed by atoms with Crippen LogP contribution < -0.4 is 5.56 Å². The lowest BCUT2D eigenvalue weighted by molar-refractivity contribution is 0.459. The fraction of sp³-hybridized carbons (Fsp3) is 0.111. The van der Waals surface area contributed by atoms with Crippen LogP contribution in [-0.2, 0) is 6.54 Å². The Balaban J connectivity index is 1.87. The highest BCUT2D eigenvalue weighted by molar-refractivity contribution is 5.94. The monoisotopic (exact) mass is 351 g/mol. The fourth-order valence-electron chi connectivity index (χ4n) is 2.85. The van der Waals surface area contributed by atoms with Gasteiger partial charge in [-0.05, 0) is 37.3 Å². The first-order valence-corrected chi connectivity index (χ1v) is 8.00. The second-order valence-corrected chi connectivity index (χ2v) is 5.69. The molecule has 0 unspecified atom stereocenters. The molecule has 0 saturated carbocycles. The van der Waals surface area contributed by atoms with E-state index < -0.39 is 5.82 Å². The van der Waals surface area contributed by atoms with Gasteiger partial charge in [0, 0.05) is 11.9 Å². The first kappa shape index (κ1) is 15.9. The molecule has 0 amide bonds. The second kappa shape index (κ2) is 6.07. The largest absolute Gasteiger partial charge is 0.493 e. The van der Waals surface area contributed by atoms with Crippen molar-refractivity contribution in [1.82, 2.24) is 14.5 Å². The summed E-state index contributed by atoms with van der Waals surface area (Å²) >= 11 is 0. The number of para-hydroxylation sites is 1. The van der Waals surface area contributed by atoms with E-state index in [0.717, 1.165) is 0 Å². The van der Waals surface area contributed by atoms with Crippen LogP contribution in [0.1, 0.15) is 6.92 Å². The summed E-state index contributed by atoms with van der Waals surface area (Å²) < 4.78 is 14.7. The Bertz CT molecular complexity index is 1230. The van der Waals surface area contributed by atoms with E-state index in [1.54, 1.807) is 24.3 Å². The molecular weight excluding hydrogens is 337 g/mol. The Morgan fingerprint density at radius 3 is 2.81 bits per heavy atom. The van der Waals surface area contributed by atoms with Crippen molar-refractivity contribution in [1.29, 1.82) is 0 Å². The predicted molar refractivity (Wildman–Crippen MR) is 95.8 cm³/mol. The number of aromatic hydroxyl groups is 1. The Morgan fingerprint density at radius 1 is 1.19 bits per heavy atom.